The van der Waals surface area contributed by atoms with Crippen molar-refractivity contribution in [2.45, 2.75) is 6.92 Å². The second-order valence-electron chi connectivity index (χ2n) is 6.37. The molecule has 3 rings (SSSR count). The molecule has 152 valence electrons. The first-order valence-electron chi connectivity index (χ1n) is 9.09. The molecular formula is C20H21FN4O4. The number of aromatic amines is 1. The van der Waals surface area contributed by atoms with E-state index < -0.39 is 17.6 Å². The third-order valence-corrected chi connectivity index (χ3v) is 4.48. The lowest BCUT2D eigenvalue weighted by Crippen LogP contribution is -2.51. The third kappa shape index (κ3) is 4.81. The highest BCUT2D eigenvalue weighted by Gasteiger charge is 2.26. The Morgan fingerprint density at radius 2 is 1.93 bits per heavy atom. The fourth-order valence-electron chi connectivity index (χ4n) is 3.09. The molecule has 0 aliphatic carbocycles. The lowest BCUT2D eigenvalue weighted by molar-refractivity contribution is -0.144. The van der Waals surface area contributed by atoms with Crippen molar-refractivity contribution in [2.24, 2.45) is 0 Å². The van der Waals surface area contributed by atoms with Gasteiger partial charge < -0.3 is 19.5 Å². The van der Waals surface area contributed by atoms with E-state index in [1.807, 2.05) is 24.0 Å². The number of carbonyl (C=O) groups is 2. The molecule has 2 aromatic rings. The largest absolute Gasteiger partial charge is 0.417 e. The fourth-order valence-corrected chi connectivity index (χ4v) is 3.09. The molecule has 0 radical (unpaired) electrons. The number of piperazine rings is 1. The Morgan fingerprint density at radius 1 is 1.21 bits per heavy atom. The molecular weight excluding hydrogens is 379 g/mol. The average Bonchev–Trinajstić information content (AvgIpc) is 3.10. The third-order valence-electron chi connectivity index (χ3n) is 4.48. The van der Waals surface area contributed by atoms with Gasteiger partial charge in [-0.15, -0.1) is 0 Å². The number of hydrogen-bond acceptors (Lipinski definition) is 5. The highest BCUT2D eigenvalue weighted by atomic mass is 19.1. The van der Waals surface area contributed by atoms with Crippen LogP contribution in [-0.2, 0) is 9.59 Å². The van der Waals surface area contributed by atoms with E-state index in [2.05, 4.69) is 10.3 Å². The Balaban J connectivity index is 1.60. The first kappa shape index (κ1) is 20.1. The van der Waals surface area contributed by atoms with Crippen LogP contribution in [0.2, 0.25) is 0 Å². The number of anilines is 1. The van der Waals surface area contributed by atoms with Gasteiger partial charge in [0, 0.05) is 43.6 Å². The number of fused-ring (bicyclic) bond motifs is 1. The van der Waals surface area contributed by atoms with Gasteiger partial charge in [-0.05, 0) is 37.3 Å². The number of nitrogens with zero attached hydrogens (tertiary/aromatic N) is 2. The number of carbonyl (C=O) groups excluding carboxylic acids is 2. The van der Waals surface area contributed by atoms with Gasteiger partial charge in [-0.3, -0.25) is 14.6 Å². The molecule has 2 N–H and O–H groups in total. The zero-order chi connectivity index (χ0) is 20.8. The van der Waals surface area contributed by atoms with Gasteiger partial charge in [0.05, 0.1) is 11.8 Å². The number of benzene rings is 1. The van der Waals surface area contributed by atoms with Crippen LogP contribution >= 0.6 is 0 Å². The van der Waals surface area contributed by atoms with Gasteiger partial charge in [0.1, 0.15) is 0 Å². The van der Waals surface area contributed by atoms with Crippen molar-refractivity contribution >= 4 is 28.6 Å². The normalized spacial score (nSPS) is 15.6. The Bertz CT molecular complexity index is 1040. The summed E-state index contributed by atoms with van der Waals surface area (Å²) in [6, 6.07) is 4.63. The summed E-state index contributed by atoms with van der Waals surface area (Å²) in [5, 5.41) is 2.53. The Kier molecular flexibility index (Phi) is 6.28. The predicted octanol–water partition coefficient (Wildman–Crippen LogP) is 2.15. The summed E-state index contributed by atoms with van der Waals surface area (Å²) in [6.45, 7) is 3.65. The topological polar surface area (TPSA) is 98.6 Å². The number of H-pyrrole nitrogens is 1. The van der Waals surface area contributed by atoms with E-state index in [1.165, 1.54) is 17.0 Å². The second kappa shape index (κ2) is 9.05. The molecule has 0 unspecified atom stereocenters. The number of aromatic nitrogens is 1. The summed E-state index contributed by atoms with van der Waals surface area (Å²) in [4.78, 5) is 42.0. The number of hydrogen-bond donors (Lipinski definition) is 2. The van der Waals surface area contributed by atoms with Crippen molar-refractivity contribution < 1.29 is 18.4 Å². The van der Waals surface area contributed by atoms with Crippen molar-refractivity contribution in [1.82, 2.24) is 14.8 Å². The Morgan fingerprint density at radius 3 is 2.62 bits per heavy atom. The highest BCUT2D eigenvalue weighted by Crippen LogP contribution is 2.17. The summed E-state index contributed by atoms with van der Waals surface area (Å²) < 4.78 is 17.2. The van der Waals surface area contributed by atoms with Crippen LogP contribution in [0.25, 0.3) is 11.1 Å². The monoisotopic (exact) mass is 400 g/mol. The number of nitrogens with one attached hydrogen (secondary N) is 2. The van der Waals surface area contributed by atoms with Crippen LogP contribution in [0, 0.1) is 0 Å². The minimum atomic E-state index is -0.764. The molecule has 0 atom stereocenters. The van der Waals surface area contributed by atoms with Crippen LogP contribution in [0.3, 0.4) is 0 Å². The summed E-state index contributed by atoms with van der Waals surface area (Å²) >= 11 is 0. The van der Waals surface area contributed by atoms with Crippen LogP contribution in [0.4, 0.5) is 10.1 Å². The van der Waals surface area contributed by atoms with Gasteiger partial charge in [-0.2, -0.15) is 0 Å². The number of rotatable bonds is 4. The number of halogens is 1. The zero-order valence-electron chi connectivity index (χ0n) is 15.9. The summed E-state index contributed by atoms with van der Waals surface area (Å²) in [7, 11) is 0. The molecule has 2 amide bonds. The van der Waals surface area contributed by atoms with Gasteiger partial charge in [-0.1, -0.05) is 6.08 Å². The highest BCUT2D eigenvalue weighted by molar-refractivity contribution is 6.39. The van der Waals surface area contributed by atoms with Crippen molar-refractivity contribution in [3.05, 3.63) is 65.1 Å². The van der Waals surface area contributed by atoms with E-state index in [1.54, 1.807) is 18.2 Å². The predicted molar refractivity (Wildman–Crippen MR) is 107 cm³/mol. The van der Waals surface area contributed by atoms with Gasteiger partial charge in [0.15, 0.2) is 5.58 Å². The van der Waals surface area contributed by atoms with E-state index in [4.69, 9.17) is 4.42 Å². The first-order valence-corrected chi connectivity index (χ1v) is 9.09. The van der Waals surface area contributed by atoms with Crippen LogP contribution in [-0.4, -0.2) is 52.8 Å². The molecule has 9 heteroatoms. The smallest absolute Gasteiger partial charge is 0.408 e. The Hall–Kier alpha value is -3.62. The first-order chi connectivity index (χ1) is 14.0. The molecule has 29 heavy (non-hydrogen) atoms. The van der Waals surface area contributed by atoms with Gasteiger partial charge >= 0.3 is 17.6 Å². The molecule has 1 fully saturated rings. The molecule has 1 aromatic heterocycles. The van der Waals surface area contributed by atoms with Crippen LogP contribution in [0.1, 0.15) is 6.92 Å². The number of amides is 2. The number of oxazole rings is 1. The number of allylic oxidation sites excluding steroid dienone is 4. The second-order valence-corrected chi connectivity index (χ2v) is 6.37. The molecule has 1 aliphatic heterocycles. The maximum atomic E-state index is 12.5. The fraction of sp³-hybridized carbons (Fsp3) is 0.250. The minimum absolute atomic E-state index is 0.291. The summed E-state index contributed by atoms with van der Waals surface area (Å²) in [5.74, 6) is -1.99. The van der Waals surface area contributed by atoms with Crippen LogP contribution < -0.4 is 11.1 Å². The summed E-state index contributed by atoms with van der Waals surface area (Å²) in [6.07, 6.45) is 7.14. The molecule has 1 saturated heterocycles. The molecule has 0 saturated carbocycles. The average molecular weight is 400 g/mol. The summed E-state index contributed by atoms with van der Waals surface area (Å²) in [5.41, 5.74) is 1.98. The van der Waals surface area contributed by atoms with E-state index in [9.17, 15) is 18.8 Å². The van der Waals surface area contributed by atoms with E-state index in [0.29, 0.717) is 49.3 Å². The lowest BCUT2D eigenvalue weighted by Gasteiger charge is -2.36. The SMILES string of the molecule is C/C=C/C(=C\C=C\F)N1CCN(C(=O)C(=O)Nc2ccc3[nH]c(=O)oc3c2)CC1. The molecule has 1 aliphatic rings. The van der Waals surface area contributed by atoms with Crippen molar-refractivity contribution in [3.63, 3.8) is 0 Å². The van der Waals surface area contributed by atoms with Gasteiger partial charge in [-0.25, -0.2) is 9.18 Å². The van der Waals surface area contributed by atoms with Crippen LogP contribution in [0.15, 0.2) is 63.7 Å². The standard InChI is InChI=1S/C20H21FN4O4/c1-2-4-15(5-3-8-21)24-9-11-25(12-10-24)19(27)18(26)22-14-6-7-16-17(13-14)29-20(28)23-16/h2-8,13H,9-12H2,1H3,(H,22,26)(H,23,28)/b4-2+,8-3+,15-5+. The minimum Gasteiger partial charge on any atom is -0.408 e. The van der Waals surface area contributed by atoms with E-state index >= 15 is 0 Å². The van der Waals surface area contributed by atoms with Crippen LogP contribution in [0.5, 0.6) is 0 Å². The molecule has 0 bridgehead atoms. The lowest BCUT2D eigenvalue weighted by atomic mass is 10.2. The van der Waals surface area contributed by atoms with Gasteiger partial charge in [0.2, 0.25) is 0 Å². The molecule has 0 spiro atoms. The maximum Gasteiger partial charge on any atom is 0.417 e. The maximum absolute atomic E-state index is 12.5. The van der Waals surface area contributed by atoms with E-state index in [0.717, 1.165) is 5.70 Å². The Labute approximate surface area is 166 Å². The van der Waals surface area contributed by atoms with Gasteiger partial charge in [0.25, 0.3) is 0 Å². The zero-order valence-corrected chi connectivity index (χ0v) is 15.9. The van der Waals surface area contributed by atoms with E-state index in [-0.39, 0.29) is 0 Å². The van der Waals surface area contributed by atoms with Crippen molar-refractivity contribution in [3.8, 4) is 0 Å². The quantitative estimate of drug-likeness (QED) is 0.605. The molecule has 8 nitrogen and oxygen atoms in total. The van der Waals surface area contributed by atoms with Crippen molar-refractivity contribution in [1.29, 1.82) is 0 Å². The van der Waals surface area contributed by atoms with Crippen molar-refractivity contribution in [2.75, 3.05) is 31.5 Å². The molecule has 2 heterocycles. The molecule has 1 aromatic carbocycles.